The van der Waals surface area contributed by atoms with Gasteiger partial charge >= 0.3 is 0 Å². The number of fused-ring (bicyclic) bond motifs is 1. The lowest BCUT2D eigenvalue weighted by atomic mass is 10.0. The van der Waals surface area contributed by atoms with Gasteiger partial charge in [-0.3, -0.25) is 9.97 Å². The number of hydrogen-bond donors (Lipinski definition) is 1. The first-order valence-corrected chi connectivity index (χ1v) is 11.1. The van der Waals surface area contributed by atoms with Gasteiger partial charge in [-0.15, -0.1) is 0 Å². The summed E-state index contributed by atoms with van der Waals surface area (Å²) in [6, 6.07) is 10.4. The third kappa shape index (κ3) is 3.14. The predicted molar refractivity (Wildman–Crippen MR) is 111 cm³/mol. The molecule has 1 aliphatic carbocycles. The first-order chi connectivity index (χ1) is 13.5. The van der Waals surface area contributed by atoms with E-state index in [9.17, 15) is 8.42 Å². The molecule has 6 nitrogen and oxygen atoms in total. The van der Waals surface area contributed by atoms with Gasteiger partial charge in [0, 0.05) is 54.0 Å². The molecule has 5 rings (SSSR count). The fourth-order valence-corrected chi connectivity index (χ4v) is 5.59. The summed E-state index contributed by atoms with van der Waals surface area (Å²) >= 11 is 0. The number of pyridine rings is 2. The summed E-state index contributed by atoms with van der Waals surface area (Å²) in [5.41, 5.74) is 4.10. The number of aromatic nitrogens is 2. The van der Waals surface area contributed by atoms with E-state index in [1.807, 2.05) is 31.5 Å². The van der Waals surface area contributed by atoms with Crippen LogP contribution in [0, 0.1) is 6.92 Å². The topological polar surface area (TPSA) is 75.2 Å². The predicted octanol–water partition coefficient (Wildman–Crippen LogP) is 3.19. The minimum Gasteiger partial charge on any atom is -0.379 e. The van der Waals surface area contributed by atoms with Crippen molar-refractivity contribution in [3.63, 3.8) is 0 Å². The van der Waals surface area contributed by atoms with Gasteiger partial charge in [0.05, 0.1) is 11.3 Å². The zero-order chi connectivity index (χ0) is 19.3. The summed E-state index contributed by atoms with van der Waals surface area (Å²) in [7, 11) is -3.08. The lowest BCUT2D eigenvalue weighted by Gasteiger charge is -2.39. The molecular weight excluding hydrogens is 372 g/mol. The molecule has 0 unspecified atom stereocenters. The largest absolute Gasteiger partial charge is 0.379 e. The maximum atomic E-state index is 12.3. The molecule has 7 heteroatoms. The molecule has 0 spiro atoms. The number of sulfonamides is 1. The third-order valence-corrected chi connectivity index (χ3v) is 7.85. The van der Waals surface area contributed by atoms with Gasteiger partial charge in [-0.1, -0.05) is 6.07 Å². The lowest BCUT2D eigenvalue weighted by Crippen LogP contribution is -2.57. The SMILES string of the molecule is Cc1ccc(-c2cc(NC3CN(S(=O)(=O)C4CC4)C3)c3cnccc3c2)cn1. The van der Waals surface area contributed by atoms with Gasteiger partial charge in [0.15, 0.2) is 0 Å². The maximum Gasteiger partial charge on any atom is 0.217 e. The number of anilines is 1. The molecule has 28 heavy (non-hydrogen) atoms. The van der Waals surface area contributed by atoms with Gasteiger partial charge in [-0.2, -0.15) is 4.31 Å². The van der Waals surface area contributed by atoms with E-state index in [1.165, 1.54) is 0 Å². The molecule has 1 aliphatic heterocycles. The third-order valence-electron chi connectivity index (χ3n) is 5.51. The van der Waals surface area contributed by atoms with Crippen LogP contribution in [-0.2, 0) is 10.0 Å². The van der Waals surface area contributed by atoms with Crippen molar-refractivity contribution in [2.24, 2.45) is 0 Å². The highest BCUT2D eigenvalue weighted by Gasteiger charge is 2.45. The van der Waals surface area contributed by atoms with Crippen LogP contribution in [-0.4, -0.2) is 47.1 Å². The monoisotopic (exact) mass is 394 g/mol. The van der Waals surface area contributed by atoms with Gasteiger partial charge in [0.25, 0.3) is 0 Å². The fourth-order valence-electron chi connectivity index (χ4n) is 3.66. The molecule has 0 bridgehead atoms. The minimum absolute atomic E-state index is 0.114. The summed E-state index contributed by atoms with van der Waals surface area (Å²) in [4.78, 5) is 8.67. The Morgan fingerprint density at radius 3 is 2.61 bits per heavy atom. The van der Waals surface area contributed by atoms with Gasteiger partial charge in [0.1, 0.15) is 0 Å². The molecule has 144 valence electrons. The van der Waals surface area contributed by atoms with Crippen LogP contribution in [0.5, 0.6) is 0 Å². The smallest absolute Gasteiger partial charge is 0.217 e. The summed E-state index contributed by atoms with van der Waals surface area (Å²) in [6.45, 7) is 3.02. The van der Waals surface area contributed by atoms with Crippen LogP contribution < -0.4 is 5.32 Å². The quantitative estimate of drug-likeness (QED) is 0.719. The molecule has 1 aromatic carbocycles. The molecule has 0 atom stereocenters. The van der Waals surface area contributed by atoms with Crippen LogP contribution in [0.15, 0.2) is 48.9 Å². The van der Waals surface area contributed by atoms with E-state index in [0.29, 0.717) is 13.1 Å². The summed E-state index contributed by atoms with van der Waals surface area (Å²) < 4.78 is 26.3. The molecule has 1 N–H and O–H groups in total. The van der Waals surface area contributed by atoms with E-state index in [1.54, 1.807) is 10.5 Å². The highest BCUT2D eigenvalue weighted by Crippen LogP contribution is 2.35. The standard InChI is InChI=1S/C21H22N4O2S/c1-14-2-3-16(10-23-14)17-8-15-6-7-22-11-20(15)21(9-17)24-18-12-25(13-18)28(26,27)19-4-5-19/h2-3,6-11,18-19,24H,4-5,12-13H2,1H3. The number of rotatable bonds is 5. The highest BCUT2D eigenvalue weighted by atomic mass is 32.2. The molecule has 2 aromatic heterocycles. The zero-order valence-corrected chi connectivity index (χ0v) is 16.5. The average molecular weight is 395 g/mol. The van der Waals surface area contributed by atoms with Crippen molar-refractivity contribution in [1.82, 2.24) is 14.3 Å². The second-order valence-corrected chi connectivity index (χ2v) is 9.92. The van der Waals surface area contributed by atoms with Crippen molar-refractivity contribution < 1.29 is 8.42 Å². The first kappa shape index (κ1) is 17.6. The van der Waals surface area contributed by atoms with E-state index < -0.39 is 10.0 Å². The molecule has 1 saturated carbocycles. The number of hydrogen-bond acceptors (Lipinski definition) is 5. The summed E-state index contributed by atoms with van der Waals surface area (Å²) in [6.07, 6.45) is 7.14. The van der Waals surface area contributed by atoms with E-state index in [-0.39, 0.29) is 11.3 Å². The van der Waals surface area contributed by atoms with E-state index >= 15 is 0 Å². The Hall–Kier alpha value is -2.51. The molecule has 3 aromatic rings. The molecule has 2 aliphatic rings. The Morgan fingerprint density at radius 1 is 1.07 bits per heavy atom. The van der Waals surface area contributed by atoms with Crippen molar-refractivity contribution in [1.29, 1.82) is 0 Å². The van der Waals surface area contributed by atoms with Crippen LogP contribution in [0.3, 0.4) is 0 Å². The minimum atomic E-state index is -3.08. The Morgan fingerprint density at radius 2 is 1.89 bits per heavy atom. The number of nitrogens with one attached hydrogen (secondary N) is 1. The summed E-state index contributed by atoms with van der Waals surface area (Å²) in [5, 5.41) is 5.53. The van der Waals surface area contributed by atoms with Crippen LogP contribution in [0.25, 0.3) is 21.9 Å². The van der Waals surface area contributed by atoms with Crippen LogP contribution in [0.1, 0.15) is 18.5 Å². The summed E-state index contributed by atoms with van der Waals surface area (Å²) in [5.74, 6) is 0. The molecule has 2 fully saturated rings. The van der Waals surface area contributed by atoms with Gasteiger partial charge in [-0.05, 0) is 55.0 Å². The number of benzene rings is 1. The molecule has 3 heterocycles. The Balaban J connectivity index is 1.43. The number of aryl methyl sites for hydroxylation is 1. The second kappa shape index (κ2) is 6.53. The van der Waals surface area contributed by atoms with Crippen molar-refractivity contribution in [3.05, 3.63) is 54.6 Å². The van der Waals surface area contributed by atoms with Gasteiger partial charge < -0.3 is 5.32 Å². The second-order valence-electron chi connectivity index (χ2n) is 7.71. The highest BCUT2D eigenvalue weighted by molar-refractivity contribution is 7.90. The van der Waals surface area contributed by atoms with Crippen LogP contribution in [0.2, 0.25) is 0 Å². The molecule has 1 saturated heterocycles. The Bertz CT molecular complexity index is 1130. The van der Waals surface area contributed by atoms with Crippen molar-refractivity contribution in [2.45, 2.75) is 31.1 Å². The van der Waals surface area contributed by atoms with Gasteiger partial charge in [-0.25, -0.2) is 8.42 Å². The first-order valence-electron chi connectivity index (χ1n) is 9.57. The number of nitrogens with zero attached hydrogens (tertiary/aromatic N) is 3. The van der Waals surface area contributed by atoms with Crippen LogP contribution >= 0.6 is 0 Å². The van der Waals surface area contributed by atoms with E-state index in [4.69, 9.17) is 0 Å². The van der Waals surface area contributed by atoms with Crippen molar-refractivity contribution >= 4 is 26.5 Å². The van der Waals surface area contributed by atoms with E-state index in [2.05, 4.69) is 33.5 Å². The van der Waals surface area contributed by atoms with E-state index in [0.717, 1.165) is 46.1 Å². The zero-order valence-electron chi connectivity index (χ0n) is 15.7. The van der Waals surface area contributed by atoms with Crippen molar-refractivity contribution in [2.75, 3.05) is 18.4 Å². The fraction of sp³-hybridized carbons (Fsp3) is 0.333. The lowest BCUT2D eigenvalue weighted by molar-refractivity contribution is 0.280. The normalized spacial score (nSPS) is 18.2. The Labute approximate surface area is 164 Å². The molecule has 0 radical (unpaired) electrons. The molecule has 0 amide bonds. The Kier molecular flexibility index (Phi) is 4.10. The van der Waals surface area contributed by atoms with Gasteiger partial charge in [0.2, 0.25) is 10.0 Å². The van der Waals surface area contributed by atoms with Crippen molar-refractivity contribution in [3.8, 4) is 11.1 Å². The van der Waals surface area contributed by atoms with Crippen LogP contribution in [0.4, 0.5) is 5.69 Å². The maximum absolute atomic E-state index is 12.3. The average Bonchev–Trinajstić information content (AvgIpc) is 3.50. The molecular formula is C21H22N4O2S.